The second kappa shape index (κ2) is 8.17. The van der Waals surface area contributed by atoms with Crippen LogP contribution in [0.5, 0.6) is 0 Å². The SMILES string of the molecule is CCOC(=O)c1ccc(C(=O)N2CCc3sccc3C2c2ccccc2)nc1C. The summed E-state index contributed by atoms with van der Waals surface area (Å²) in [5.74, 6) is -0.547. The molecule has 1 aliphatic heterocycles. The van der Waals surface area contributed by atoms with E-state index in [0.29, 0.717) is 30.1 Å². The minimum atomic E-state index is -0.417. The summed E-state index contributed by atoms with van der Waals surface area (Å²) >= 11 is 1.74. The van der Waals surface area contributed by atoms with Crippen molar-refractivity contribution in [3.8, 4) is 0 Å². The maximum absolute atomic E-state index is 13.4. The van der Waals surface area contributed by atoms with E-state index in [0.717, 1.165) is 12.0 Å². The Labute approximate surface area is 174 Å². The van der Waals surface area contributed by atoms with Crippen molar-refractivity contribution < 1.29 is 14.3 Å². The minimum absolute atomic E-state index is 0.130. The van der Waals surface area contributed by atoms with Gasteiger partial charge in [0, 0.05) is 11.4 Å². The maximum Gasteiger partial charge on any atom is 0.339 e. The molecule has 0 fully saturated rings. The maximum atomic E-state index is 13.4. The molecule has 1 aliphatic rings. The lowest BCUT2D eigenvalue weighted by Gasteiger charge is -2.36. The van der Waals surface area contributed by atoms with Crippen molar-refractivity contribution in [3.05, 3.63) is 86.9 Å². The predicted molar refractivity (Wildman–Crippen MR) is 112 cm³/mol. The minimum Gasteiger partial charge on any atom is -0.462 e. The van der Waals surface area contributed by atoms with Gasteiger partial charge < -0.3 is 9.64 Å². The van der Waals surface area contributed by atoms with E-state index in [1.165, 1.54) is 10.4 Å². The van der Waals surface area contributed by atoms with Crippen molar-refractivity contribution in [2.24, 2.45) is 0 Å². The van der Waals surface area contributed by atoms with Gasteiger partial charge in [-0.1, -0.05) is 30.3 Å². The molecule has 148 valence electrons. The number of carbonyl (C=O) groups is 2. The van der Waals surface area contributed by atoms with Crippen LogP contribution in [0.25, 0.3) is 0 Å². The number of benzene rings is 1. The molecule has 4 rings (SSSR count). The fraction of sp³-hybridized carbons (Fsp3) is 0.261. The first kappa shape index (κ1) is 19.3. The zero-order valence-corrected chi connectivity index (χ0v) is 17.2. The third-order valence-corrected chi connectivity index (χ3v) is 6.14. The van der Waals surface area contributed by atoms with Crippen LogP contribution in [0, 0.1) is 6.92 Å². The summed E-state index contributed by atoms with van der Waals surface area (Å²) in [6.07, 6.45) is 0.835. The summed E-state index contributed by atoms with van der Waals surface area (Å²) in [6, 6.07) is 15.3. The normalized spacial score (nSPS) is 15.7. The lowest BCUT2D eigenvalue weighted by Crippen LogP contribution is -2.40. The van der Waals surface area contributed by atoms with Gasteiger partial charge in [0.05, 0.1) is 23.9 Å². The van der Waals surface area contributed by atoms with E-state index >= 15 is 0 Å². The number of hydrogen-bond acceptors (Lipinski definition) is 5. The largest absolute Gasteiger partial charge is 0.462 e. The molecule has 0 N–H and O–H groups in total. The van der Waals surface area contributed by atoms with Gasteiger partial charge in [-0.2, -0.15) is 0 Å². The standard InChI is InChI=1S/C23H22N2O3S/c1-3-28-23(27)17-9-10-19(24-15(17)2)22(26)25-13-11-20-18(12-14-29-20)21(25)16-7-5-4-6-8-16/h4-10,12,14,21H,3,11,13H2,1-2H3. The topological polar surface area (TPSA) is 59.5 Å². The predicted octanol–water partition coefficient (Wildman–Crippen LogP) is 4.42. The molecule has 29 heavy (non-hydrogen) atoms. The summed E-state index contributed by atoms with van der Waals surface area (Å²) in [5, 5.41) is 2.09. The number of fused-ring (bicyclic) bond motifs is 1. The van der Waals surface area contributed by atoms with Crippen LogP contribution in [0.1, 0.15) is 55.5 Å². The molecule has 3 aromatic rings. The Morgan fingerprint density at radius 3 is 2.69 bits per heavy atom. The number of aromatic nitrogens is 1. The number of thiophene rings is 1. The Morgan fingerprint density at radius 2 is 1.97 bits per heavy atom. The van der Waals surface area contributed by atoms with Crippen LogP contribution in [0.2, 0.25) is 0 Å². The number of rotatable bonds is 4. The van der Waals surface area contributed by atoms with E-state index in [4.69, 9.17) is 4.74 Å². The van der Waals surface area contributed by atoms with E-state index in [2.05, 4.69) is 28.6 Å². The summed E-state index contributed by atoms with van der Waals surface area (Å²) < 4.78 is 5.06. The van der Waals surface area contributed by atoms with Gasteiger partial charge in [-0.15, -0.1) is 11.3 Å². The fourth-order valence-corrected chi connectivity index (χ4v) is 4.69. The highest BCUT2D eigenvalue weighted by Crippen LogP contribution is 2.38. The molecule has 6 heteroatoms. The molecule has 1 aromatic carbocycles. The Bertz CT molecular complexity index is 1050. The Kier molecular flexibility index (Phi) is 5.45. The van der Waals surface area contributed by atoms with Crippen LogP contribution < -0.4 is 0 Å². The van der Waals surface area contributed by atoms with Crippen LogP contribution >= 0.6 is 11.3 Å². The van der Waals surface area contributed by atoms with Crippen LogP contribution in [0.4, 0.5) is 0 Å². The van der Waals surface area contributed by atoms with E-state index in [-0.39, 0.29) is 11.9 Å². The van der Waals surface area contributed by atoms with Crippen LogP contribution in [0.15, 0.2) is 53.9 Å². The van der Waals surface area contributed by atoms with Crippen molar-refractivity contribution in [2.45, 2.75) is 26.3 Å². The molecule has 0 saturated heterocycles. The van der Waals surface area contributed by atoms with E-state index in [1.54, 1.807) is 37.3 Å². The average molecular weight is 407 g/mol. The third-order valence-electron chi connectivity index (χ3n) is 5.14. The number of carbonyl (C=O) groups excluding carboxylic acids is 2. The van der Waals surface area contributed by atoms with Gasteiger partial charge in [-0.05, 0) is 55.0 Å². The van der Waals surface area contributed by atoms with Crippen LogP contribution in [-0.2, 0) is 11.2 Å². The Morgan fingerprint density at radius 1 is 1.17 bits per heavy atom. The van der Waals surface area contributed by atoms with E-state index in [1.807, 2.05) is 23.1 Å². The van der Waals surface area contributed by atoms with E-state index in [9.17, 15) is 9.59 Å². The number of amides is 1. The quantitative estimate of drug-likeness (QED) is 0.602. The number of nitrogens with zero attached hydrogens (tertiary/aromatic N) is 2. The average Bonchev–Trinajstić information content (AvgIpc) is 3.22. The molecule has 0 aliphatic carbocycles. The Balaban J connectivity index is 1.69. The summed E-state index contributed by atoms with van der Waals surface area (Å²) in [4.78, 5) is 33.1. The summed E-state index contributed by atoms with van der Waals surface area (Å²) in [6.45, 7) is 4.42. The molecular formula is C23H22N2O3S. The number of hydrogen-bond donors (Lipinski definition) is 0. The lowest BCUT2D eigenvalue weighted by atomic mass is 9.93. The van der Waals surface area contributed by atoms with Gasteiger partial charge in [-0.25, -0.2) is 9.78 Å². The van der Waals surface area contributed by atoms with Gasteiger partial charge in [0.1, 0.15) is 5.69 Å². The molecule has 0 bridgehead atoms. The van der Waals surface area contributed by atoms with Gasteiger partial charge in [0.25, 0.3) is 5.91 Å². The molecule has 2 aromatic heterocycles. The molecule has 1 unspecified atom stereocenters. The number of esters is 1. The third kappa shape index (κ3) is 3.68. The molecular weight excluding hydrogens is 384 g/mol. The molecule has 1 amide bonds. The summed E-state index contributed by atoms with van der Waals surface area (Å²) in [5.41, 5.74) is 3.50. The number of aryl methyl sites for hydroxylation is 1. The van der Waals surface area contributed by atoms with Crippen molar-refractivity contribution >= 4 is 23.2 Å². The molecule has 3 heterocycles. The zero-order valence-electron chi connectivity index (χ0n) is 16.4. The van der Waals surface area contributed by atoms with Crippen molar-refractivity contribution in [1.29, 1.82) is 0 Å². The highest BCUT2D eigenvalue weighted by molar-refractivity contribution is 7.10. The van der Waals surface area contributed by atoms with Gasteiger partial charge in [-0.3, -0.25) is 4.79 Å². The highest BCUT2D eigenvalue weighted by Gasteiger charge is 2.34. The Hall–Kier alpha value is -2.99. The smallest absolute Gasteiger partial charge is 0.339 e. The molecule has 1 atom stereocenters. The zero-order chi connectivity index (χ0) is 20.4. The van der Waals surface area contributed by atoms with Crippen molar-refractivity contribution in [1.82, 2.24) is 9.88 Å². The molecule has 0 radical (unpaired) electrons. The molecule has 5 nitrogen and oxygen atoms in total. The molecule has 0 spiro atoms. The first-order chi connectivity index (χ1) is 14.1. The second-order valence-corrected chi connectivity index (χ2v) is 7.91. The highest BCUT2D eigenvalue weighted by atomic mass is 32.1. The van der Waals surface area contributed by atoms with Crippen molar-refractivity contribution in [3.63, 3.8) is 0 Å². The van der Waals surface area contributed by atoms with Crippen LogP contribution in [0.3, 0.4) is 0 Å². The van der Waals surface area contributed by atoms with E-state index < -0.39 is 5.97 Å². The lowest BCUT2D eigenvalue weighted by molar-refractivity contribution is 0.0523. The monoisotopic (exact) mass is 406 g/mol. The van der Waals surface area contributed by atoms with Gasteiger partial charge >= 0.3 is 5.97 Å². The molecule has 0 saturated carbocycles. The van der Waals surface area contributed by atoms with Gasteiger partial charge in [0.2, 0.25) is 0 Å². The number of pyridine rings is 1. The first-order valence-electron chi connectivity index (χ1n) is 9.67. The number of ether oxygens (including phenoxy) is 1. The van der Waals surface area contributed by atoms with Gasteiger partial charge in [0.15, 0.2) is 0 Å². The summed E-state index contributed by atoms with van der Waals surface area (Å²) in [7, 11) is 0. The van der Waals surface area contributed by atoms with Crippen molar-refractivity contribution in [2.75, 3.05) is 13.2 Å². The fourth-order valence-electron chi connectivity index (χ4n) is 3.78. The second-order valence-electron chi connectivity index (χ2n) is 6.91. The first-order valence-corrected chi connectivity index (χ1v) is 10.5. The van der Waals surface area contributed by atoms with Crippen LogP contribution in [-0.4, -0.2) is 34.9 Å².